The van der Waals surface area contributed by atoms with Crippen molar-refractivity contribution in [1.29, 1.82) is 0 Å². The van der Waals surface area contributed by atoms with Crippen molar-refractivity contribution in [3.63, 3.8) is 0 Å². The van der Waals surface area contributed by atoms with Gasteiger partial charge in [-0.2, -0.15) is 0 Å². The molecule has 4 nitrogen and oxygen atoms in total. The van der Waals surface area contributed by atoms with Crippen LogP contribution in [0.25, 0.3) is 6.08 Å². The predicted molar refractivity (Wildman–Crippen MR) is 85.7 cm³/mol. The van der Waals surface area contributed by atoms with Gasteiger partial charge in [-0.25, -0.2) is 0 Å². The Labute approximate surface area is 127 Å². The molecule has 0 aliphatic rings. The zero-order valence-corrected chi connectivity index (χ0v) is 13.5. The molecule has 0 aliphatic heterocycles. The maximum atomic E-state index is 11.7. The van der Waals surface area contributed by atoms with Gasteiger partial charge in [0.25, 0.3) is 0 Å². The largest absolute Gasteiger partial charge is 0.493 e. The third-order valence-electron chi connectivity index (χ3n) is 2.98. The van der Waals surface area contributed by atoms with Crippen LogP contribution in [-0.4, -0.2) is 25.2 Å². The monoisotopic (exact) mass is 291 g/mol. The number of methoxy groups -OCH3 is 1. The van der Waals surface area contributed by atoms with Crippen molar-refractivity contribution in [3.05, 3.63) is 29.8 Å². The molecular formula is C17H25NO3. The highest BCUT2D eigenvalue weighted by atomic mass is 16.5. The molecule has 1 unspecified atom stereocenters. The number of carbonyl (C=O) groups excluding carboxylic acids is 1. The number of benzene rings is 1. The minimum atomic E-state index is -0.0918. The molecule has 0 radical (unpaired) electrons. The van der Waals surface area contributed by atoms with E-state index < -0.39 is 0 Å². The Kier molecular flexibility index (Phi) is 6.79. The van der Waals surface area contributed by atoms with Crippen LogP contribution in [0.5, 0.6) is 11.5 Å². The average Bonchev–Trinajstić information content (AvgIpc) is 2.45. The average molecular weight is 291 g/mol. The minimum Gasteiger partial charge on any atom is -0.493 e. The molecule has 0 saturated carbocycles. The number of nitrogens with one attached hydrogen (secondary N) is 1. The van der Waals surface area contributed by atoms with E-state index >= 15 is 0 Å². The molecule has 0 heterocycles. The molecule has 1 amide bonds. The first-order chi connectivity index (χ1) is 9.96. The first kappa shape index (κ1) is 17.1. The summed E-state index contributed by atoms with van der Waals surface area (Å²) in [5, 5.41) is 2.88. The van der Waals surface area contributed by atoms with Crippen molar-refractivity contribution >= 4 is 12.0 Å². The molecular weight excluding hydrogens is 266 g/mol. The first-order valence-electron chi connectivity index (χ1n) is 7.29. The van der Waals surface area contributed by atoms with Crippen LogP contribution in [0.4, 0.5) is 0 Å². The molecule has 1 atom stereocenters. The van der Waals surface area contributed by atoms with E-state index in [1.807, 2.05) is 45.9 Å². The van der Waals surface area contributed by atoms with Crippen LogP contribution in [0, 0.1) is 0 Å². The lowest BCUT2D eigenvalue weighted by Gasteiger charge is -2.13. The Morgan fingerprint density at radius 2 is 2.00 bits per heavy atom. The number of ether oxygens (including phenoxy) is 2. The van der Waals surface area contributed by atoms with Crippen LogP contribution in [0.15, 0.2) is 24.3 Å². The van der Waals surface area contributed by atoms with Crippen LogP contribution >= 0.6 is 0 Å². The summed E-state index contributed by atoms with van der Waals surface area (Å²) in [6.07, 6.45) is 4.29. The van der Waals surface area contributed by atoms with Crippen molar-refractivity contribution in [1.82, 2.24) is 5.32 Å². The summed E-state index contributed by atoms with van der Waals surface area (Å²) < 4.78 is 11.0. The van der Waals surface area contributed by atoms with Gasteiger partial charge in [0.1, 0.15) is 0 Å². The van der Waals surface area contributed by atoms with E-state index in [-0.39, 0.29) is 18.1 Å². The predicted octanol–water partition coefficient (Wildman–Crippen LogP) is 3.41. The summed E-state index contributed by atoms with van der Waals surface area (Å²) >= 11 is 0. The van der Waals surface area contributed by atoms with Gasteiger partial charge in [-0.1, -0.05) is 13.0 Å². The number of rotatable bonds is 7. The van der Waals surface area contributed by atoms with E-state index in [4.69, 9.17) is 9.47 Å². The third kappa shape index (κ3) is 5.90. The molecule has 1 aromatic rings. The molecule has 116 valence electrons. The van der Waals surface area contributed by atoms with Crippen LogP contribution in [-0.2, 0) is 4.79 Å². The lowest BCUT2D eigenvalue weighted by Crippen LogP contribution is -2.30. The summed E-state index contributed by atoms with van der Waals surface area (Å²) in [6.45, 7) is 7.94. The minimum absolute atomic E-state index is 0.0848. The van der Waals surface area contributed by atoms with Crippen LogP contribution in [0.2, 0.25) is 0 Å². The van der Waals surface area contributed by atoms with Gasteiger partial charge in [0.05, 0.1) is 13.2 Å². The molecule has 0 fully saturated rings. The van der Waals surface area contributed by atoms with Gasteiger partial charge >= 0.3 is 0 Å². The molecule has 0 aromatic heterocycles. The van der Waals surface area contributed by atoms with E-state index in [0.29, 0.717) is 11.5 Å². The molecule has 0 saturated heterocycles. The molecule has 0 bridgehead atoms. The highest BCUT2D eigenvalue weighted by molar-refractivity contribution is 5.91. The van der Waals surface area contributed by atoms with E-state index in [1.165, 1.54) is 6.08 Å². The number of amides is 1. The number of hydrogen-bond acceptors (Lipinski definition) is 3. The Morgan fingerprint density at radius 1 is 1.29 bits per heavy atom. The molecule has 4 heteroatoms. The van der Waals surface area contributed by atoms with Crippen molar-refractivity contribution in [2.75, 3.05) is 7.11 Å². The van der Waals surface area contributed by atoms with Gasteiger partial charge < -0.3 is 14.8 Å². The fourth-order valence-corrected chi connectivity index (χ4v) is 1.70. The lowest BCUT2D eigenvalue weighted by molar-refractivity contribution is -0.117. The van der Waals surface area contributed by atoms with Gasteiger partial charge in [0.2, 0.25) is 5.91 Å². The third-order valence-corrected chi connectivity index (χ3v) is 2.98. The van der Waals surface area contributed by atoms with Gasteiger partial charge in [-0.05, 0) is 51.0 Å². The second-order valence-electron chi connectivity index (χ2n) is 5.23. The van der Waals surface area contributed by atoms with Crippen LogP contribution < -0.4 is 14.8 Å². The highest BCUT2D eigenvalue weighted by Crippen LogP contribution is 2.29. The zero-order valence-electron chi connectivity index (χ0n) is 13.5. The van der Waals surface area contributed by atoms with Crippen molar-refractivity contribution in [3.8, 4) is 11.5 Å². The van der Waals surface area contributed by atoms with Gasteiger partial charge in [0.15, 0.2) is 11.5 Å². The van der Waals surface area contributed by atoms with Crippen molar-refractivity contribution < 1.29 is 14.3 Å². The molecule has 21 heavy (non-hydrogen) atoms. The second-order valence-corrected chi connectivity index (χ2v) is 5.23. The Bertz CT molecular complexity index is 495. The summed E-state index contributed by atoms with van der Waals surface area (Å²) in [7, 11) is 1.60. The molecule has 0 spiro atoms. The quantitative estimate of drug-likeness (QED) is 0.783. The van der Waals surface area contributed by atoms with Crippen molar-refractivity contribution in [2.24, 2.45) is 0 Å². The summed E-state index contributed by atoms with van der Waals surface area (Å²) in [5.74, 6) is 1.27. The van der Waals surface area contributed by atoms with Crippen LogP contribution in [0.3, 0.4) is 0 Å². The topological polar surface area (TPSA) is 47.6 Å². The van der Waals surface area contributed by atoms with Gasteiger partial charge in [-0.3, -0.25) is 4.79 Å². The number of carbonyl (C=O) groups is 1. The Hall–Kier alpha value is -1.97. The van der Waals surface area contributed by atoms with Crippen LogP contribution in [0.1, 0.15) is 39.7 Å². The van der Waals surface area contributed by atoms with Gasteiger partial charge in [0, 0.05) is 12.1 Å². The molecule has 1 N–H and O–H groups in total. The normalized spacial score (nSPS) is 12.5. The molecule has 0 aliphatic carbocycles. The maximum Gasteiger partial charge on any atom is 0.244 e. The fourth-order valence-electron chi connectivity index (χ4n) is 1.70. The van der Waals surface area contributed by atoms with Gasteiger partial charge in [-0.15, -0.1) is 0 Å². The molecule has 1 aromatic carbocycles. The lowest BCUT2D eigenvalue weighted by atomic mass is 10.2. The smallest absolute Gasteiger partial charge is 0.244 e. The fraction of sp³-hybridized carbons (Fsp3) is 0.471. The highest BCUT2D eigenvalue weighted by Gasteiger charge is 2.07. The molecule has 1 rings (SSSR count). The first-order valence-corrected chi connectivity index (χ1v) is 7.29. The SMILES string of the molecule is CCC(C)NC(=O)/C=C/c1ccc(OC(C)C)c(OC)c1. The summed E-state index contributed by atoms with van der Waals surface area (Å²) in [6, 6.07) is 5.78. The second kappa shape index (κ2) is 8.35. The summed E-state index contributed by atoms with van der Waals surface area (Å²) in [5.41, 5.74) is 0.891. The zero-order chi connectivity index (χ0) is 15.8. The van der Waals surface area contributed by atoms with Crippen molar-refractivity contribution in [2.45, 2.75) is 46.3 Å². The Morgan fingerprint density at radius 3 is 2.57 bits per heavy atom. The number of hydrogen-bond donors (Lipinski definition) is 1. The van der Waals surface area contributed by atoms with E-state index in [9.17, 15) is 4.79 Å². The standard InChI is InChI=1S/C17H25NO3/c1-6-13(4)18-17(19)10-8-14-7-9-15(21-12(2)3)16(11-14)20-5/h7-13H,6H2,1-5H3,(H,18,19)/b10-8+. The maximum absolute atomic E-state index is 11.7. The Balaban J connectivity index is 2.78. The van der Waals surface area contributed by atoms with E-state index in [1.54, 1.807) is 13.2 Å². The van der Waals surface area contributed by atoms with E-state index in [2.05, 4.69) is 5.32 Å². The van der Waals surface area contributed by atoms with E-state index in [0.717, 1.165) is 12.0 Å². The summed E-state index contributed by atoms with van der Waals surface area (Å²) in [4.78, 5) is 11.7.